The summed E-state index contributed by atoms with van der Waals surface area (Å²) in [6.45, 7) is 0. The Hall–Kier alpha value is -3.28. The highest BCUT2D eigenvalue weighted by Crippen LogP contribution is 2.60. The summed E-state index contributed by atoms with van der Waals surface area (Å²) in [6.07, 6.45) is 0. The van der Waals surface area contributed by atoms with Crippen LogP contribution in [0.15, 0.2) is 162 Å². The second-order valence-corrected chi connectivity index (χ2v) is 14.5. The lowest BCUT2D eigenvalue weighted by molar-refractivity contribution is 1.27. The van der Waals surface area contributed by atoms with E-state index < -0.39 is 0 Å². The number of hydrogen-bond acceptors (Lipinski definition) is 4. The van der Waals surface area contributed by atoms with Gasteiger partial charge in [0, 0.05) is 30.7 Å². The third-order valence-corrected chi connectivity index (χ3v) is 12.4. The van der Waals surface area contributed by atoms with Crippen molar-refractivity contribution in [3.63, 3.8) is 0 Å². The minimum absolute atomic E-state index is 1.26. The second kappa shape index (κ2) is 10.3. The summed E-state index contributed by atoms with van der Waals surface area (Å²) in [5.41, 5.74) is 5.15. The Labute approximate surface area is 251 Å². The van der Waals surface area contributed by atoms with Gasteiger partial charge in [0.25, 0.3) is 0 Å². The van der Waals surface area contributed by atoms with Crippen molar-refractivity contribution in [3.05, 3.63) is 153 Å². The minimum Gasteiger partial charge on any atom is -0.0809 e. The molecule has 0 saturated heterocycles. The molecular formula is C36H22S4. The van der Waals surface area contributed by atoms with Crippen LogP contribution in [0.25, 0.3) is 32.7 Å². The Morgan fingerprint density at radius 2 is 0.650 bits per heavy atom. The predicted molar refractivity (Wildman–Crippen MR) is 178 cm³/mol. The number of benzene rings is 6. The molecule has 0 spiro atoms. The van der Waals surface area contributed by atoms with Gasteiger partial charge in [0.1, 0.15) is 0 Å². The molecule has 0 atom stereocenters. The highest BCUT2D eigenvalue weighted by molar-refractivity contribution is 8.25. The van der Waals surface area contributed by atoms with Gasteiger partial charge in [0.15, 0.2) is 0 Å². The molecule has 0 aliphatic carbocycles. The molecule has 0 saturated carbocycles. The van der Waals surface area contributed by atoms with Gasteiger partial charge in [0.05, 0.1) is 8.47 Å². The van der Waals surface area contributed by atoms with Gasteiger partial charge < -0.3 is 0 Å². The van der Waals surface area contributed by atoms with Crippen LogP contribution in [0.3, 0.4) is 0 Å². The molecule has 0 radical (unpaired) electrons. The standard InChI is InChI=1S/C36H22S4/c1-3-11-25-21-27(19-17-23(25)9-1)33(35-37-29-13-5-6-14-30(29)38-35)34(36-39-31-15-7-8-16-32(31)40-36)28-20-18-24-10-2-4-12-26(24)22-28/h1-22H. The molecule has 2 heterocycles. The molecule has 8 rings (SSSR count). The molecule has 190 valence electrons. The van der Waals surface area contributed by atoms with Gasteiger partial charge in [0.2, 0.25) is 0 Å². The van der Waals surface area contributed by atoms with Gasteiger partial charge in [-0.05, 0) is 69.1 Å². The number of hydrogen-bond donors (Lipinski definition) is 0. The summed E-state index contributed by atoms with van der Waals surface area (Å²) in [5.74, 6) is 0. The molecule has 0 aromatic heterocycles. The number of rotatable bonds is 3. The van der Waals surface area contributed by atoms with Crippen molar-refractivity contribution >= 4 is 79.7 Å². The molecule has 0 amide bonds. The van der Waals surface area contributed by atoms with Crippen LogP contribution in [0.4, 0.5) is 0 Å². The van der Waals surface area contributed by atoms with Crippen LogP contribution >= 0.6 is 47.0 Å². The van der Waals surface area contributed by atoms with Crippen molar-refractivity contribution in [2.75, 3.05) is 0 Å². The maximum atomic E-state index is 2.38. The summed E-state index contributed by atoms with van der Waals surface area (Å²) >= 11 is 7.61. The first-order valence-electron chi connectivity index (χ1n) is 13.2. The molecule has 6 aromatic carbocycles. The number of fused-ring (bicyclic) bond motifs is 4. The van der Waals surface area contributed by atoms with Crippen LogP contribution in [-0.4, -0.2) is 0 Å². The summed E-state index contributed by atoms with van der Waals surface area (Å²) in [6, 6.07) is 48.8. The van der Waals surface area contributed by atoms with Crippen molar-refractivity contribution in [2.24, 2.45) is 0 Å². The molecule has 40 heavy (non-hydrogen) atoms. The Morgan fingerprint density at radius 1 is 0.325 bits per heavy atom. The maximum Gasteiger partial charge on any atom is 0.0584 e. The summed E-state index contributed by atoms with van der Waals surface area (Å²) in [7, 11) is 0. The highest BCUT2D eigenvalue weighted by Gasteiger charge is 2.29. The van der Waals surface area contributed by atoms with E-state index in [9.17, 15) is 0 Å². The van der Waals surface area contributed by atoms with E-state index in [1.807, 2.05) is 47.0 Å². The lowest BCUT2D eigenvalue weighted by Crippen LogP contribution is -1.95. The Balaban J connectivity index is 1.42. The average Bonchev–Trinajstić information content (AvgIpc) is 3.63. The van der Waals surface area contributed by atoms with E-state index in [-0.39, 0.29) is 0 Å². The SMILES string of the molecule is c1ccc2c(c1)SC(=C(C(=C1Sc3ccccc3S1)c1ccc3ccccc3c1)c1ccc3ccccc3c1)S2. The molecule has 0 fully saturated rings. The summed E-state index contributed by atoms with van der Waals surface area (Å²) in [4.78, 5) is 5.33. The maximum absolute atomic E-state index is 2.38. The van der Waals surface area contributed by atoms with Gasteiger partial charge in [-0.2, -0.15) is 0 Å². The van der Waals surface area contributed by atoms with Gasteiger partial charge in [-0.3, -0.25) is 0 Å². The van der Waals surface area contributed by atoms with Crippen LogP contribution in [-0.2, 0) is 0 Å². The second-order valence-electron chi connectivity index (χ2n) is 9.75. The monoisotopic (exact) mass is 582 g/mol. The first kappa shape index (κ1) is 24.5. The Kier molecular flexibility index (Phi) is 6.30. The number of allylic oxidation sites excluding steroid dienone is 2. The molecule has 6 aromatic rings. The van der Waals surface area contributed by atoms with Gasteiger partial charge in [-0.15, -0.1) is 0 Å². The minimum atomic E-state index is 1.26. The summed E-state index contributed by atoms with van der Waals surface area (Å²) < 4.78 is 2.67. The van der Waals surface area contributed by atoms with Gasteiger partial charge in [-0.1, -0.05) is 144 Å². The predicted octanol–water partition coefficient (Wildman–Crippen LogP) is 11.8. The van der Waals surface area contributed by atoms with E-state index in [0.717, 1.165) is 0 Å². The molecule has 4 heteroatoms. The van der Waals surface area contributed by atoms with Crippen molar-refractivity contribution in [3.8, 4) is 0 Å². The molecule has 2 aliphatic heterocycles. The van der Waals surface area contributed by atoms with Gasteiger partial charge in [-0.25, -0.2) is 0 Å². The van der Waals surface area contributed by atoms with E-state index in [1.54, 1.807) is 0 Å². The third kappa shape index (κ3) is 4.40. The molecular weight excluding hydrogens is 561 g/mol. The van der Waals surface area contributed by atoms with Crippen LogP contribution < -0.4 is 0 Å². The van der Waals surface area contributed by atoms with Crippen molar-refractivity contribution in [1.82, 2.24) is 0 Å². The van der Waals surface area contributed by atoms with Crippen molar-refractivity contribution in [1.29, 1.82) is 0 Å². The van der Waals surface area contributed by atoms with Crippen molar-refractivity contribution < 1.29 is 0 Å². The van der Waals surface area contributed by atoms with Gasteiger partial charge >= 0.3 is 0 Å². The van der Waals surface area contributed by atoms with Crippen molar-refractivity contribution in [2.45, 2.75) is 19.6 Å². The van der Waals surface area contributed by atoms with E-state index in [4.69, 9.17) is 0 Å². The average molecular weight is 583 g/mol. The lowest BCUT2D eigenvalue weighted by Gasteiger charge is -2.19. The topological polar surface area (TPSA) is 0 Å². The lowest BCUT2D eigenvalue weighted by atomic mass is 9.92. The fourth-order valence-electron chi connectivity index (χ4n) is 5.30. The molecule has 2 aliphatic rings. The smallest absolute Gasteiger partial charge is 0.0584 e. The zero-order chi connectivity index (χ0) is 26.5. The zero-order valence-corrected chi connectivity index (χ0v) is 24.6. The van der Waals surface area contributed by atoms with E-state index in [0.29, 0.717) is 0 Å². The fraction of sp³-hybridized carbons (Fsp3) is 0. The molecule has 0 N–H and O–H groups in total. The zero-order valence-electron chi connectivity index (χ0n) is 21.3. The van der Waals surface area contributed by atoms with E-state index in [1.165, 1.54) is 71.9 Å². The largest absolute Gasteiger partial charge is 0.0809 e. The molecule has 0 bridgehead atoms. The fourth-order valence-corrected chi connectivity index (χ4v) is 10.6. The van der Waals surface area contributed by atoms with Crippen LogP contribution in [0, 0.1) is 0 Å². The van der Waals surface area contributed by atoms with E-state index >= 15 is 0 Å². The molecule has 0 unspecified atom stereocenters. The first-order chi connectivity index (χ1) is 19.8. The highest BCUT2D eigenvalue weighted by atomic mass is 32.2. The van der Waals surface area contributed by atoms with Crippen LogP contribution in [0.1, 0.15) is 11.1 Å². The Bertz CT molecular complexity index is 1820. The number of thioether (sulfide) groups is 4. The summed E-state index contributed by atoms with van der Waals surface area (Å²) in [5, 5.41) is 5.06. The van der Waals surface area contributed by atoms with Crippen LogP contribution in [0.2, 0.25) is 0 Å². The third-order valence-electron chi connectivity index (χ3n) is 7.24. The first-order valence-corrected chi connectivity index (χ1v) is 16.4. The normalized spacial score (nSPS) is 14.0. The quantitative estimate of drug-likeness (QED) is 0.203. The molecule has 0 nitrogen and oxygen atoms in total. The van der Waals surface area contributed by atoms with Crippen LogP contribution in [0.5, 0.6) is 0 Å². The Morgan fingerprint density at radius 3 is 1.02 bits per heavy atom. The van der Waals surface area contributed by atoms with E-state index in [2.05, 4.69) is 133 Å².